The summed E-state index contributed by atoms with van der Waals surface area (Å²) in [5, 5.41) is 5.39. The fraction of sp³-hybridized carbons (Fsp3) is 0.182. The number of carbonyl (C=O) groups excluding carboxylic acids is 1. The van der Waals surface area contributed by atoms with Gasteiger partial charge < -0.3 is 5.32 Å². The van der Waals surface area contributed by atoms with Gasteiger partial charge in [-0.2, -0.15) is 13.2 Å². The molecule has 0 aliphatic rings. The summed E-state index contributed by atoms with van der Waals surface area (Å²) in [6.07, 6.45) is -2.97. The third-order valence-corrected chi connectivity index (χ3v) is 3.71. The number of rotatable bonds is 4. The minimum atomic E-state index is -4.47. The predicted molar refractivity (Wildman–Crippen MR) is 71.2 cm³/mol. The Labute approximate surface area is 128 Å². The van der Waals surface area contributed by atoms with Crippen LogP contribution in [-0.4, -0.2) is 21.0 Å². The molecule has 1 N–H and O–H groups in total. The molecule has 1 amide bonds. The van der Waals surface area contributed by atoms with Crippen molar-refractivity contribution in [1.82, 2.24) is 9.59 Å². The molecule has 0 unspecified atom stereocenters. The Hall–Kier alpha value is -1.75. The van der Waals surface area contributed by atoms with E-state index in [1.54, 1.807) is 0 Å². The number of carbonyl (C=O) groups is 1. The number of halogens is 5. The summed E-state index contributed by atoms with van der Waals surface area (Å²) < 4.78 is 65.3. The monoisotopic (exact) mass is 355 g/mol. The van der Waals surface area contributed by atoms with Crippen LogP contribution in [0.3, 0.4) is 0 Å². The Kier molecular flexibility index (Phi) is 4.96. The maximum Gasteiger partial charge on any atom is 0.446 e. The van der Waals surface area contributed by atoms with Gasteiger partial charge in [0, 0.05) is 10.6 Å². The first-order chi connectivity index (χ1) is 10.3. The smallest absolute Gasteiger partial charge is 0.321 e. The number of nitrogens with zero attached hydrogens (tertiary/aromatic N) is 2. The van der Waals surface area contributed by atoms with Crippen LogP contribution in [0.25, 0.3) is 0 Å². The van der Waals surface area contributed by atoms with Gasteiger partial charge in [0.2, 0.25) is 0 Å². The number of anilines is 1. The van der Waals surface area contributed by atoms with Gasteiger partial charge in [0.05, 0.1) is 0 Å². The van der Waals surface area contributed by atoms with Gasteiger partial charge in [-0.25, -0.2) is 8.78 Å². The number of amides is 1. The molecule has 11 heteroatoms. The van der Waals surface area contributed by atoms with E-state index in [1.165, 1.54) is 18.2 Å². The lowest BCUT2D eigenvalue weighted by Crippen LogP contribution is -2.12. The molecule has 0 saturated heterocycles. The number of hydrogen-bond acceptors (Lipinski definition) is 5. The van der Waals surface area contributed by atoms with E-state index in [2.05, 4.69) is 14.9 Å². The fourth-order valence-electron chi connectivity index (χ4n) is 1.46. The van der Waals surface area contributed by atoms with Crippen molar-refractivity contribution < 1.29 is 26.7 Å². The molecule has 0 spiro atoms. The number of hydrogen-bond donors (Lipinski definition) is 1. The van der Waals surface area contributed by atoms with Gasteiger partial charge in [-0.3, -0.25) is 4.79 Å². The lowest BCUT2D eigenvalue weighted by atomic mass is 10.3. The molecule has 0 bridgehead atoms. The second-order valence-corrected chi connectivity index (χ2v) is 5.71. The van der Waals surface area contributed by atoms with Gasteiger partial charge >= 0.3 is 5.51 Å². The minimum absolute atomic E-state index is 0.0490. The molecule has 1 heterocycles. The molecule has 0 aliphatic heterocycles. The second kappa shape index (κ2) is 6.57. The molecule has 0 saturated carbocycles. The molecular formula is C11H6F5N3OS2. The molecule has 1 aromatic carbocycles. The maximum absolute atomic E-state index is 12.6. The number of benzene rings is 1. The molecule has 22 heavy (non-hydrogen) atoms. The Bertz CT molecular complexity index is 674. The van der Waals surface area contributed by atoms with Crippen LogP contribution in [0.1, 0.15) is 21.8 Å². The van der Waals surface area contributed by atoms with Gasteiger partial charge in [0.25, 0.3) is 12.3 Å². The largest absolute Gasteiger partial charge is 0.446 e. The van der Waals surface area contributed by atoms with E-state index in [1.807, 2.05) is 0 Å². The van der Waals surface area contributed by atoms with Crippen molar-refractivity contribution in [2.75, 3.05) is 5.32 Å². The minimum Gasteiger partial charge on any atom is -0.321 e. The van der Waals surface area contributed by atoms with Crippen LogP contribution in [0.2, 0.25) is 0 Å². The summed E-state index contributed by atoms with van der Waals surface area (Å²) >= 11 is 0.135. The molecular weight excluding hydrogens is 349 g/mol. The average molecular weight is 355 g/mol. The number of thioether (sulfide) groups is 1. The van der Waals surface area contributed by atoms with E-state index in [9.17, 15) is 26.7 Å². The first-order valence-corrected chi connectivity index (χ1v) is 7.13. The lowest BCUT2D eigenvalue weighted by molar-refractivity contribution is -0.0328. The maximum atomic E-state index is 12.6. The Morgan fingerprint density at radius 2 is 2.05 bits per heavy atom. The van der Waals surface area contributed by atoms with E-state index < -0.39 is 23.5 Å². The van der Waals surface area contributed by atoms with Crippen LogP contribution in [-0.2, 0) is 0 Å². The number of alkyl halides is 5. The molecule has 0 fully saturated rings. The van der Waals surface area contributed by atoms with Gasteiger partial charge in [-0.05, 0) is 41.5 Å². The highest BCUT2D eigenvalue weighted by Crippen LogP contribution is 2.37. The highest BCUT2D eigenvalue weighted by molar-refractivity contribution is 8.00. The van der Waals surface area contributed by atoms with Crippen LogP contribution in [0.4, 0.5) is 27.6 Å². The van der Waals surface area contributed by atoms with E-state index in [4.69, 9.17) is 0 Å². The van der Waals surface area contributed by atoms with Crippen molar-refractivity contribution >= 4 is 34.9 Å². The fourth-order valence-corrected chi connectivity index (χ4v) is 2.62. The zero-order valence-corrected chi connectivity index (χ0v) is 12.0. The van der Waals surface area contributed by atoms with Gasteiger partial charge in [0.1, 0.15) is 4.88 Å². The van der Waals surface area contributed by atoms with Crippen LogP contribution in [0.15, 0.2) is 29.2 Å². The molecule has 0 atom stereocenters. The molecule has 1 aromatic heterocycles. The third-order valence-electron chi connectivity index (χ3n) is 2.25. The molecule has 2 aromatic rings. The Balaban J connectivity index is 2.15. The zero-order chi connectivity index (χ0) is 16.3. The standard InChI is InChI=1S/C11H6F5N3OS2/c12-9(13)7-8(22-19-18-7)10(20)17-5-2-1-3-6(4-5)21-11(14,15)16/h1-4,9H,(H,17,20). The highest BCUT2D eigenvalue weighted by Gasteiger charge is 2.29. The predicted octanol–water partition coefficient (Wildman–Crippen LogP) is 4.34. The van der Waals surface area contributed by atoms with Crippen molar-refractivity contribution in [1.29, 1.82) is 0 Å². The van der Waals surface area contributed by atoms with Crippen molar-refractivity contribution in [2.45, 2.75) is 16.8 Å². The summed E-state index contributed by atoms with van der Waals surface area (Å²) in [6.45, 7) is 0. The van der Waals surface area contributed by atoms with Crippen molar-refractivity contribution in [3.05, 3.63) is 34.8 Å². The van der Waals surface area contributed by atoms with Gasteiger partial charge in [-0.15, -0.1) is 5.10 Å². The Morgan fingerprint density at radius 3 is 2.68 bits per heavy atom. The molecule has 4 nitrogen and oxygen atoms in total. The molecule has 0 aliphatic carbocycles. The van der Waals surface area contributed by atoms with Crippen LogP contribution in [0, 0.1) is 0 Å². The average Bonchev–Trinajstić information content (AvgIpc) is 2.86. The van der Waals surface area contributed by atoms with E-state index in [0.717, 1.165) is 6.07 Å². The molecule has 0 radical (unpaired) electrons. The molecule has 2 rings (SSSR count). The summed E-state index contributed by atoms with van der Waals surface area (Å²) in [4.78, 5) is 11.3. The van der Waals surface area contributed by atoms with Crippen LogP contribution < -0.4 is 5.32 Å². The SMILES string of the molecule is O=C(Nc1cccc(SC(F)(F)F)c1)c1snnc1C(F)F. The Morgan fingerprint density at radius 1 is 1.32 bits per heavy atom. The van der Waals surface area contributed by atoms with E-state index in [0.29, 0.717) is 11.5 Å². The van der Waals surface area contributed by atoms with Crippen LogP contribution in [0.5, 0.6) is 0 Å². The highest BCUT2D eigenvalue weighted by atomic mass is 32.2. The zero-order valence-electron chi connectivity index (χ0n) is 10.4. The second-order valence-electron chi connectivity index (χ2n) is 3.82. The summed E-state index contributed by atoms with van der Waals surface area (Å²) in [7, 11) is 0. The van der Waals surface area contributed by atoms with Gasteiger partial charge in [-0.1, -0.05) is 10.6 Å². The summed E-state index contributed by atoms with van der Waals surface area (Å²) in [5.74, 6) is -0.903. The van der Waals surface area contributed by atoms with Crippen molar-refractivity contribution in [3.8, 4) is 0 Å². The van der Waals surface area contributed by atoms with Gasteiger partial charge in [0.15, 0.2) is 5.69 Å². The topological polar surface area (TPSA) is 54.9 Å². The van der Waals surface area contributed by atoms with Crippen molar-refractivity contribution in [3.63, 3.8) is 0 Å². The third kappa shape index (κ3) is 4.37. The van der Waals surface area contributed by atoms with E-state index >= 15 is 0 Å². The van der Waals surface area contributed by atoms with E-state index in [-0.39, 0.29) is 27.2 Å². The summed E-state index contributed by atoms with van der Waals surface area (Å²) in [5.41, 5.74) is -5.18. The van der Waals surface area contributed by atoms with Crippen LogP contribution >= 0.6 is 23.3 Å². The van der Waals surface area contributed by atoms with Crippen molar-refractivity contribution in [2.24, 2.45) is 0 Å². The number of aromatic nitrogens is 2. The number of nitrogens with one attached hydrogen (secondary N) is 1. The lowest BCUT2D eigenvalue weighted by Gasteiger charge is -2.08. The quantitative estimate of drug-likeness (QED) is 0.655. The normalized spacial score (nSPS) is 11.7. The first kappa shape index (κ1) is 16.6. The summed E-state index contributed by atoms with van der Waals surface area (Å²) in [6, 6.07) is 4.96. The molecule has 118 valence electrons. The first-order valence-electron chi connectivity index (χ1n) is 5.54.